The van der Waals surface area contributed by atoms with Gasteiger partial charge in [0.2, 0.25) is 0 Å². The highest BCUT2D eigenvalue weighted by Crippen LogP contribution is 1.65. The van der Waals surface area contributed by atoms with E-state index in [0.717, 1.165) is 0 Å². The summed E-state index contributed by atoms with van der Waals surface area (Å²) >= 11 is 0. The molecule has 0 amide bonds. The maximum Gasteiger partial charge on any atom is 0.503 e. The number of ether oxygens (including phenoxy) is 1. The molecule has 4 nitrogen and oxygen atoms in total. The third kappa shape index (κ3) is 97.9. The highest BCUT2D eigenvalue weighted by Gasteiger charge is 1.70. The molecule has 2 N–H and O–H groups in total. The van der Waals surface area contributed by atoms with Gasteiger partial charge in [0.15, 0.2) is 0 Å². The zero-order valence-electron chi connectivity index (χ0n) is 5.28. The summed E-state index contributed by atoms with van der Waals surface area (Å²) < 4.78 is 4.51. The van der Waals surface area contributed by atoms with Crippen molar-refractivity contribution in [3.05, 3.63) is 12.8 Å². The van der Waals surface area contributed by atoms with E-state index >= 15 is 0 Å². The van der Waals surface area contributed by atoms with Crippen molar-refractivity contribution in [1.29, 1.82) is 0 Å². The summed E-state index contributed by atoms with van der Waals surface area (Å²) in [6, 6.07) is 0. The Morgan fingerprint density at radius 2 is 2.20 bits per heavy atom. The van der Waals surface area contributed by atoms with Gasteiger partial charge >= 0.3 is 6.16 Å². The van der Waals surface area contributed by atoms with Crippen LogP contribution in [-0.2, 0) is 4.74 Å². The summed E-state index contributed by atoms with van der Waals surface area (Å²) in [4.78, 5) is 8.56. The van der Waals surface area contributed by atoms with Crippen molar-refractivity contribution in [2.75, 3.05) is 6.61 Å². The van der Waals surface area contributed by atoms with Crippen molar-refractivity contribution in [3.8, 4) is 12.3 Å². The van der Waals surface area contributed by atoms with Crippen molar-refractivity contribution in [1.82, 2.24) is 0 Å². The van der Waals surface area contributed by atoms with Crippen LogP contribution in [0.15, 0.2) is 12.8 Å². The first-order valence-corrected chi connectivity index (χ1v) is 2.23. The molecule has 0 saturated heterocycles. The van der Waals surface area contributed by atoms with Crippen LogP contribution in [0.2, 0.25) is 0 Å². The first-order valence-electron chi connectivity index (χ1n) is 2.23. The zero-order chi connectivity index (χ0) is 8.41. The fourth-order valence-electron chi connectivity index (χ4n) is 0.107. The Bertz CT molecular complexity index is 129. The Labute approximate surface area is 58.7 Å². The molecule has 0 atom stereocenters. The minimum atomic E-state index is -1.83. The molecule has 0 rings (SSSR count). The number of hydrogen-bond donors (Lipinski definition) is 2. The molecule has 0 aliphatic carbocycles. The smallest absolute Gasteiger partial charge is 0.489 e. The SMILES string of the molecule is C#CCOC=C.O=C(O)O. The highest BCUT2D eigenvalue weighted by atomic mass is 16.6. The van der Waals surface area contributed by atoms with Crippen molar-refractivity contribution in [2.45, 2.75) is 0 Å². The van der Waals surface area contributed by atoms with Crippen molar-refractivity contribution in [2.24, 2.45) is 0 Å². The van der Waals surface area contributed by atoms with Gasteiger partial charge in [0, 0.05) is 0 Å². The van der Waals surface area contributed by atoms with Gasteiger partial charge in [-0.3, -0.25) is 0 Å². The molecule has 0 unspecified atom stereocenters. The Morgan fingerprint density at radius 1 is 1.80 bits per heavy atom. The maximum absolute atomic E-state index is 8.56. The molecule has 0 aromatic carbocycles. The fourth-order valence-corrected chi connectivity index (χ4v) is 0.107. The van der Waals surface area contributed by atoms with E-state index in [1.54, 1.807) is 0 Å². The lowest BCUT2D eigenvalue weighted by molar-refractivity contribution is 0.137. The lowest BCUT2D eigenvalue weighted by atomic mass is 10.8. The summed E-state index contributed by atoms with van der Waals surface area (Å²) in [6.45, 7) is 3.60. The van der Waals surface area contributed by atoms with Gasteiger partial charge < -0.3 is 14.9 Å². The molecule has 4 heteroatoms. The van der Waals surface area contributed by atoms with E-state index in [-0.39, 0.29) is 0 Å². The molecular weight excluding hydrogens is 136 g/mol. The third-order valence-electron chi connectivity index (χ3n) is 0.285. The summed E-state index contributed by atoms with van der Waals surface area (Å²) in [5.74, 6) is 2.28. The van der Waals surface area contributed by atoms with Crippen LogP contribution in [0.4, 0.5) is 4.79 Å². The summed E-state index contributed by atoms with van der Waals surface area (Å²) in [5, 5.41) is 13.9. The number of hydrogen-bond acceptors (Lipinski definition) is 2. The van der Waals surface area contributed by atoms with Crippen LogP contribution in [0.3, 0.4) is 0 Å². The molecule has 10 heavy (non-hydrogen) atoms. The molecule has 0 spiro atoms. The van der Waals surface area contributed by atoms with Gasteiger partial charge in [-0.25, -0.2) is 4.79 Å². The van der Waals surface area contributed by atoms with E-state index in [2.05, 4.69) is 17.2 Å². The van der Waals surface area contributed by atoms with Gasteiger partial charge in [-0.05, 0) is 0 Å². The molecule has 0 aromatic heterocycles. The number of terminal acetylenes is 1. The Morgan fingerprint density at radius 3 is 2.30 bits per heavy atom. The van der Waals surface area contributed by atoms with Gasteiger partial charge in [-0.1, -0.05) is 12.5 Å². The zero-order valence-corrected chi connectivity index (χ0v) is 5.28. The average molecular weight is 144 g/mol. The normalized spacial score (nSPS) is 5.90. The molecule has 0 aliphatic rings. The minimum Gasteiger partial charge on any atom is -0.489 e. The first kappa shape index (κ1) is 11.2. The Balaban J connectivity index is 0. The van der Waals surface area contributed by atoms with Crippen molar-refractivity contribution >= 4 is 6.16 Å². The lowest BCUT2D eigenvalue weighted by Crippen LogP contribution is -1.81. The predicted molar refractivity (Wildman–Crippen MR) is 35.6 cm³/mol. The van der Waals surface area contributed by atoms with E-state index in [0.29, 0.717) is 6.61 Å². The van der Waals surface area contributed by atoms with E-state index in [1.165, 1.54) is 6.26 Å². The monoisotopic (exact) mass is 144 g/mol. The van der Waals surface area contributed by atoms with Crippen LogP contribution in [0.5, 0.6) is 0 Å². The number of carboxylic acid groups (broad SMARTS) is 2. The van der Waals surface area contributed by atoms with E-state index < -0.39 is 6.16 Å². The van der Waals surface area contributed by atoms with Crippen LogP contribution in [-0.4, -0.2) is 23.0 Å². The van der Waals surface area contributed by atoms with Gasteiger partial charge in [-0.15, -0.1) is 6.42 Å². The van der Waals surface area contributed by atoms with Crippen LogP contribution in [0.1, 0.15) is 0 Å². The van der Waals surface area contributed by atoms with Crippen LogP contribution in [0, 0.1) is 12.3 Å². The molecule has 0 bridgehead atoms. The summed E-state index contributed by atoms with van der Waals surface area (Å²) in [5.41, 5.74) is 0. The quantitative estimate of drug-likeness (QED) is 0.344. The molecule has 0 aromatic rings. The molecule has 0 saturated carbocycles. The van der Waals surface area contributed by atoms with Gasteiger partial charge in [0.25, 0.3) is 0 Å². The second-order valence-corrected chi connectivity index (χ2v) is 0.964. The average Bonchev–Trinajstić information content (AvgIpc) is 1.82. The van der Waals surface area contributed by atoms with E-state index in [9.17, 15) is 0 Å². The molecule has 0 aliphatic heterocycles. The Hall–Kier alpha value is -1.63. The lowest BCUT2D eigenvalue weighted by Gasteiger charge is -1.84. The fraction of sp³-hybridized carbons (Fsp3) is 0.167. The summed E-state index contributed by atoms with van der Waals surface area (Å²) in [6.07, 6.45) is 4.28. The second kappa shape index (κ2) is 10.4. The second-order valence-electron chi connectivity index (χ2n) is 0.964. The molecular formula is C6H8O4. The van der Waals surface area contributed by atoms with E-state index in [4.69, 9.17) is 21.4 Å². The molecule has 0 radical (unpaired) electrons. The Kier molecular flexibility index (Phi) is 11.6. The highest BCUT2D eigenvalue weighted by molar-refractivity contribution is 5.53. The van der Waals surface area contributed by atoms with Gasteiger partial charge in [0.1, 0.15) is 6.61 Å². The van der Waals surface area contributed by atoms with E-state index in [1.807, 2.05) is 0 Å². The minimum absolute atomic E-state index is 0.323. The van der Waals surface area contributed by atoms with Gasteiger partial charge in [-0.2, -0.15) is 0 Å². The molecule has 56 valence electrons. The topological polar surface area (TPSA) is 66.8 Å². The predicted octanol–water partition coefficient (Wildman–Crippen LogP) is 1.00. The number of carbonyl (C=O) groups is 1. The number of rotatable bonds is 2. The van der Waals surface area contributed by atoms with Crippen molar-refractivity contribution in [3.63, 3.8) is 0 Å². The molecule has 0 fully saturated rings. The summed E-state index contributed by atoms with van der Waals surface area (Å²) in [7, 11) is 0. The molecule has 0 heterocycles. The largest absolute Gasteiger partial charge is 0.503 e. The van der Waals surface area contributed by atoms with Crippen LogP contribution < -0.4 is 0 Å². The first-order chi connectivity index (χ1) is 4.65. The van der Waals surface area contributed by atoms with Crippen molar-refractivity contribution < 1.29 is 19.7 Å². The van der Waals surface area contributed by atoms with Crippen LogP contribution in [0.25, 0.3) is 0 Å². The third-order valence-corrected chi connectivity index (χ3v) is 0.285. The van der Waals surface area contributed by atoms with Crippen LogP contribution >= 0.6 is 0 Å². The standard InChI is InChI=1S/C5H6O.CH2O3/c1-3-5-6-4-2;2-1(3)4/h1,4H,2,5H2;(H2,2,3,4). The maximum atomic E-state index is 8.56. The van der Waals surface area contributed by atoms with Gasteiger partial charge in [0.05, 0.1) is 6.26 Å².